The maximum Gasteiger partial charge on any atom is 0.416 e. The highest BCUT2D eigenvalue weighted by Crippen LogP contribution is 2.30. The molecule has 0 saturated carbocycles. The molecule has 0 fully saturated rings. The van der Waals surface area contributed by atoms with Crippen molar-refractivity contribution in [2.24, 2.45) is 5.10 Å². The largest absolute Gasteiger partial charge is 0.416 e. The molecule has 3 aromatic rings. The van der Waals surface area contributed by atoms with Gasteiger partial charge in [0.15, 0.2) is 0 Å². The van der Waals surface area contributed by atoms with Gasteiger partial charge < -0.3 is 0 Å². The summed E-state index contributed by atoms with van der Waals surface area (Å²) in [6.07, 6.45) is -3.13. The van der Waals surface area contributed by atoms with E-state index in [2.05, 4.69) is 34.8 Å². The number of hydrogen-bond acceptors (Lipinski definition) is 3. The van der Waals surface area contributed by atoms with E-state index in [0.717, 1.165) is 27.5 Å². The van der Waals surface area contributed by atoms with Gasteiger partial charge in [-0.2, -0.15) is 18.3 Å². The van der Waals surface area contributed by atoms with E-state index in [1.165, 1.54) is 23.9 Å². The van der Waals surface area contributed by atoms with Crippen LogP contribution in [0.1, 0.15) is 22.3 Å². The lowest BCUT2D eigenvalue weighted by atomic mass is 10.1. The van der Waals surface area contributed by atoms with Gasteiger partial charge in [0.1, 0.15) is 0 Å². The molecule has 3 aromatic carbocycles. The molecule has 0 spiro atoms. The zero-order valence-electron chi connectivity index (χ0n) is 16.1. The molecule has 0 radical (unpaired) electrons. The highest BCUT2D eigenvalue weighted by Gasteiger charge is 2.30. The molecule has 154 valence electrons. The summed E-state index contributed by atoms with van der Waals surface area (Å²) in [5.41, 5.74) is 3.84. The fourth-order valence-corrected chi connectivity index (χ4v) is 3.44. The zero-order valence-corrected chi connectivity index (χ0v) is 16.9. The Balaban J connectivity index is 1.52. The molecule has 3 nitrogen and oxygen atoms in total. The third-order valence-electron chi connectivity index (χ3n) is 4.16. The van der Waals surface area contributed by atoms with Crippen molar-refractivity contribution in [1.82, 2.24) is 5.43 Å². The quantitative estimate of drug-likeness (QED) is 0.395. The Bertz CT molecular complexity index is 1030. The molecular weight excluding hydrogens is 409 g/mol. The van der Waals surface area contributed by atoms with Crippen LogP contribution in [0.15, 0.2) is 87.7 Å². The van der Waals surface area contributed by atoms with Crippen LogP contribution in [0.5, 0.6) is 0 Å². The van der Waals surface area contributed by atoms with Gasteiger partial charge in [-0.25, -0.2) is 5.43 Å². The highest BCUT2D eigenvalue weighted by molar-refractivity contribution is 7.99. The topological polar surface area (TPSA) is 41.5 Å². The van der Waals surface area contributed by atoms with Crippen molar-refractivity contribution in [2.45, 2.75) is 29.3 Å². The van der Waals surface area contributed by atoms with E-state index in [0.29, 0.717) is 0 Å². The molecule has 3 rings (SSSR count). The second-order valence-corrected chi connectivity index (χ2v) is 7.80. The van der Waals surface area contributed by atoms with Crippen molar-refractivity contribution in [3.63, 3.8) is 0 Å². The molecule has 0 aliphatic rings. The molecule has 0 bridgehead atoms. The summed E-state index contributed by atoms with van der Waals surface area (Å²) < 4.78 is 38.2. The first-order chi connectivity index (χ1) is 14.3. The van der Waals surface area contributed by atoms with Gasteiger partial charge in [-0.15, -0.1) is 0 Å². The van der Waals surface area contributed by atoms with Crippen molar-refractivity contribution >= 4 is 23.9 Å². The summed E-state index contributed by atoms with van der Waals surface area (Å²) in [6, 6.07) is 20.6. The fourth-order valence-electron chi connectivity index (χ4n) is 2.63. The van der Waals surface area contributed by atoms with Crippen LogP contribution in [0, 0.1) is 6.92 Å². The Morgan fingerprint density at radius 3 is 2.27 bits per heavy atom. The maximum atomic E-state index is 12.7. The Hall–Kier alpha value is -3.06. The van der Waals surface area contributed by atoms with Gasteiger partial charge in [-0.1, -0.05) is 59.8 Å². The second-order valence-electron chi connectivity index (χ2n) is 6.65. The van der Waals surface area contributed by atoms with Crippen LogP contribution in [0.25, 0.3) is 0 Å². The van der Waals surface area contributed by atoms with Gasteiger partial charge in [0.2, 0.25) is 5.91 Å². The lowest BCUT2D eigenvalue weighted by Crippen LogP contribution is -2.20. The standard InChI is InChI=1S/C23H19F3N2OS/c1-16-5-9-20(10-6-16)30-21-11-7-17(8-12-21)15-27-28-22(29)14-18-3-2-4-19(13-18)23(24,25)26/h2-13,15H,14H2,1H3,(H,28,29)/b27-15+. The highest BCUT2D eigenvalue weighted by atomic mass is 32.2. The van der Waals surface area contributed by atoms with Gasteiger partial charge in [0, 0.05) is 9.79 Å². The molecule has 1 amide bonds. The number of hydrogen-bond donors (Lipinski definition) is 1. The lowest BCUT2D eigenvalue weighted by molar-refractivity contribution is -0.137. The van der Waals surface area contributed by atoms with Crippen molar-refractivity contribution in [3.05, 3.63) is 95.1 Å². The molecular formula is C23H19F3N2OS. The van der Waals surface area contributed by atoms with E-state index in [-0.39, 0.29) is 12.0 Å². The summed E-state index contributed by atoms with van der Waals surface area (Å²) in [4.78, 5) is 14.2. The third-order valence-corrected chi connectivity index (χ3v) is 5.17. The number of halogens is 3. The lowest BCUT2D eigenvalue weighted by Gasteiger charge is -2.08. The van der Waals surface area contributed by atoms with E-state index in [1.54, 1.807) is 11.8 Å². The van der Waals surface area contributed by atoms with Gasteiger partial charge in [0.05, 0.1) is 18.2 Å². The van der Waals surface area contributed by atoms with Gasteiger partial charge in [-0.05, 0) is 48.4 Å². The Kier molecular flexibility index (Phi) is 6.95. The number of hydrazone groups is 1. The number of carbonyl (C=O) groups excluding carboxylic acids is 1. The van der Waals surface area contributed by atoms with E-state index in [1.807, 2.05) is 31.2 Å². The van der Waals surface area contributed by atoms with Crippen LogP contribution in [0.3, 0.4) is 0 Å². The number of nitrogens with zero attached hydrogens (tertiary/aromatic N) is 1. The molecule has 0 aliphatic carbocycles. The van der Waals surface area contributed by atoms with Crippen LogP contribution >= 0.6 is 11.8 Å². The molecule has 0 atom stereocenters. The SMILES string of the molecule is Cc1ccc(Sc2ccc(/C=N/NC(=O)Cc3cccc(C(F)(F)F)c3)cc2)cc1. The minimum absolute atomic E-state index is 0.187. The minimum atomic E-state index is -4.44. The number of nitrogens with one attached hydrogen (secondary N) is 1. The van der Waals surface area contributed by atoms with Gasteiger partial charge >= 0.3 is 6.18 Å². The van der Waals surface area contributed by atoms with Gasteiger partial charge in [-0.3, -0.25) is 4.79 Å². The van der Waals surface area contributed by atoms with Gasteiger partial charge in [0.25, 0.3) is 0 Å². The first kappa shape index (κ1) is 21.6. The van der Waals surface area contributed by atoms with E-state index >= 15 is 0 Å². The average Bonchev–Trinajstić information content (AvgIpc) is 2.70. The van der Waals surface area contributed by atoms with Crippen molar-refractivity contribution < 1.29 is 18.0 Å². The molecule has 0 saturated heterocycles. The van der Waals surface area contributed by atoms with Crippen LogP contribution in [-0.2, 0) is 17.4 Å². The number of benzene rings is 3. The van der Waals surface area contributed by atoms with Crippen molar-refractivity contribution in [2.75, 3.05) is 0 Å². The molecule has 30 heavy (non-hydrogen) atoms. The second kappa shape index (κ2) is 9.63. The fraction of sp³-hybridized carbons (Fsp3) is 0.130. The van der Waals surface area contributed by atoms with Crippen molar-refractivity contribution in [3.8, 4) is 0 Å². The molecule has 0 unspecified atom stereocenters. The monoisotopic (exact) mass is 428 g/mol. The van der Waals surface area contributed by atoms with Crippen LogP contribution in [0.2, 0.25) is 0 Å². The van der Waals surface area contributed by atoms with Crippen LogP contribution in [0.4, 0.5) is 13.2 Å². The summed E-state index contributed by atoms with van der Waals surface area (Å²) in [6.45, 7) is 2.04. The van der Waals surface area contributed by atoms with Crippen LogP contribution in [-0.4, -0.2) is 12.1 Å². The number of rotatable bonds is 6. The summed E-state index contributed by atoms with van der Waals surface area (Å²) >= 11 is 1.64. The molecule has 0 heterocycles. The third kappa shape index (κ3) is 6.49. The van der Waals surface area contributed by atoms with Crippen molar-refractivity contribution in [1.29, 1.82) is 0 Å². The number of carbonyl (C=O) groups is 1. The molecule has 0 aliphatic heterocycles. The molecule has 1 N–H and O–H groups in total. The van der Waals surface area contributed by atoms with Crippen LogP contribution < -0.4 is 5.43 Å². The minimum Gasteiger partial charge on any atom is -0.273 e. The summed E-state index contributed by atoms with van der Waals surface area (Å²) in [5, 5.41) is 3.88. The molecule has 0 aromatic heterocycles. The normalized spacial score (nSPS) is 11.6. The summed E-state index contributed by atoms with van der Waals surface area (Å²) in [5.74, 6) is -0.489. The molecule has 7 heteroatoms. The number of alkyl halides is 3. The Morgan fingerprint density at radius 2 is 1.63 bits per heavy atom. The first-order valence-electron chi connectivity index (χ1n) is 9.12. The maximum absolute atomic E-state index is 12.7. The average molecular weight is 428 g/mol. The van der Waals surface area contributed by atoms with E-state index in [4.69, 9.17) is 0 Å². The number of aryl methyl sites for hydroxylation is 1. The predicted octanol–water partition coefficient (Wildman–Crippen LogP) is 5.86. The van der Waals surface area contributed by atoms with E-state index in [9.17, 15) is 18.0 Å². The summed E-state index contributed by atoms with van der Waals surface area (Å²) in [7, 11) is 0. The Morgan fingerprint density at radius 1 is 1.00 bits per heavy atom. The predicted molar refractivity (Wildman–Crippen MR) is 113 cm³/mol. The smallest absolute Gasteiger partial charge is 0.273 e. The number of amides is 1. The first-order valence-corrected chi connectivity index (χ1v) is 9.94. The Labute approximate surface area is 177 Å². The van der Waals surface area contributed by atoms with E-state index < -0.39 is 17.6 Å². The zero-order chi connectivity index (χ0) is 21.6.